The third kappa shape index (κ3) is 8.90. The zero-order chi connectivity index (χ0) is 28.7. The zero-order valence-corrected chi connectivity index (χ0v) is 21.7. The van der Waals surface area contributed by atoms with E-state index in [1.54, 1.807) is 72.8 Å². The summed E-state index contributed by atoms with van der Waals surface area (Å²) >= 11 is 0. The van der Waals surface area contributed by atoms with Gasteiger partial charge in [0.2, 0.25) is 0 Å². The molecule has 0 atom stereocenters. The minimum atomic E-state index is -1.62. The van der Waals surface area contributed by atoms with Crippen molar-refractivity contribution in [2.24, 2.45) is 0 Å². The molecule has 0 bridgehead atoms. The van der Waals surface area contributed by atoms with E-state index in [9.17, 15) is 19.5 Å². The lowest BCUT2D eigenvalue weighted by atomic mass is 10.0. The number of rotatable bonds is 12. The summed E-state index contributed by atoms with van der Waals surface area (Å²) in [5.74, 6) is -1.17. The Morgan fingerprint density at radius 3 is 1.15 bits per heavy atom. The highest BCUT2D eigenvalue weighted by Gasteiger charge is 2.22. The molecule has 0 aliphatic heterocycles. The van der Waals surface area contributed by atoms with Crippen LogP contribution in [0.4, 0.5) is 0 Å². The lowest BCUT2D eigenvalue weighted by Gasteiger charge is -2.17. The molecule has 0 heterocycles. The molecule has 40 heavy (non-hydrogen) atoms. The van der Waals surface area contributed by atoms with Gasteiger partial charge < -0.3 is 24.8 Å². The van der Waals surface area contributed by atoms with Gasteiger partial charge in [-0.2, -0.15) is 0 Å². The van der Waals surface area contributed by atoms with Crippen LogP contribution in [0.2, 0.25) is 0 Å². The molecular formula is C32H30O8. The van der Waals surface area contributed by atoms with Gasteiger partial charge in [0, 0.05) is 35.5 Å². The summed E-state index contributed by atoms with van der Waals surface area (Å²) in [6.45, 7) is 0.390. The molecule has 0 saturated carbocycles. The van der Waals surface area contributed by atoms with Gasteiger partial charge in [-0.3, -0.25) is 9.59 Å². The molecule has 4 aromatic carbocycles. The van der Waals surface area contributed by atoms with Crippen molar-refractivity contribution in [3.8, 4) is 11.5 Å². The Kier molecular flexibility index (Phi) is 11.6. The van der Waals surface area contributed by atoms with Crippen molar-refractivity contribution in [3.05, 3.63) is 131 Å². The maximum absolute atomic E-state index is 12.5. The fourth-order valence-corrected chi connectivity index (χ4v) is 3.48. The number of aliphatic hydroxyl groups is 2. The van der Waals surface area contributed by atoms with Crippen LogP contribution in [0, 0.1) is 0 Å². The second kappa shape index (κ2) is 15.6. The molecule has 0 unspecified atom stereocenters. The Morgan fingerprint density at radius 1 is 0.525 bits per heavy atom. The van der Waals surface area contributed by atoms with Crippen molar-refractivity contribution in [1.29, 1.82) is 0 Å². The van der Waals surface area contributed by atoms with Crippen LogP contribution >= 0.6 is 0 Å². The van der Waals surface area contributed by atoms with E-state index in [2.05, 4.69) is 0 Å². The summed E-state index contributed by atoms with van der Waals surface area (Å²) < 4.78 is 10.9. The third-order valence-electron chi connectivity index (χ3n) is 5.56. The quantitative estimate of drug-likeness (QED) is 0.133. The summed E-state index contributed by atoms with van der Waals surface area (Å²) in [5, 5.41) is 25.7. The normalized spacial score (nSPS) is 10.3. The number of ketones is 2. The molecule has 0 saturated heterocycles. The Labute approximate surface area is 232 Å². The Bertz CT molecular complexity index is 1250. The number of hydrogen-bond donors (Lipinski definition) is 3. The standard InChI is InChI=1S/C28H20O6.C4H10O2/c29-25(19-7-3-1-4-8-19)21-11-15-23(16-12-21)33-28(27(31)32)34-24-17-13-22(14-18-24)26(30)20-9-5-2-6-10-20;5-3-1-2-4-6/h1-18,28H,(H,31,32);5-6H,1-4H2. The summed E-state index contributed by atoms with van der Waals surface area (Å²) in [5.41, 5.74) is 2.00. The number of carboxylic acids is 1. The van der Waals surface area contributed by atoms with E-state index >= 15 is 0 Å². The third-order valence-corrected chi connectivity index (χ3v) is 5.56. The first kappa shape index (κ1) is 29.8. The molecule has 206 valence electrons. The van der Waals surface area contributed by atoms with E-state index in [1.165, 1.54) is 24.3 Å². The number of aliphatic hydroxyl groups excluding tert-OH is 2. The molecule has 0 aromatic heterocycles. The number of unbranched alkanes of at least 4 members (excludes halogenated alkanes) is 1. The second-order valence-corrected chi connectivity index (χ2v) is 8.50. The molecule has 0 radical (unpaired) electrons. The van der Waals surface area contributed by atoms with Gasteiger partial charge in [0.25, 0.3) is 0 Å². The fourth-order valence-electron chi connectivity index (χ4n) is 3.48. The summed E-state index contributed by atoms with van der Waals surface area (Å²) in [6.07, 6.45) is -0.182. The molecule has 0 amide bonds. The lowest BCUT2D eigenvalue weighted by Crippen LogP contribution is -2.33. The SMILES string of the molecule is O=C(c1ccccc1)c1ccc(OC(Oc2ccc(C(=O)c3ccccc3)cc2)C(=O)O)cc1.OCCCCO. The van der Waals surface area contributed by atoms with Gasteiger partial charge >= 0.3 is 12.3 Å². The first-order valence-electron chi connectivity index (χ1n) is 12.6. The number of carbonyl (C=O) groups is 3. The smallest absolute Gasteiger partial charge is 0.387 e. The van der Waals surface area contributed by atoms with E-state index < -0.39 is 12.3 Å². The van der Waals surface area contributed by atoms with Crippen molar-refractivity contribution < 1.29 is 39.2 Å². The van der Waals surface area contributed by atoms with Crippen molar-refractivity contribution in [3.63, 3.8) is 0 Å². The molecule has 8 heteroatoms. The highest BCUT2D eigenvalue weighted by Crippen LogP contribution is 2.20. The monoisotopic (exact) mass is 542 g/mol. The molecule has 4 rings (SSSR count). The minimum absolute atomic E-state index is 0.150. The Morgan fingerprint density at radius 2 is 0.850 bits per heavy atom. The van der Waals surface area contributed by atoms with Gasteiger partial charge in [-0.15, -0.1) is 0 Å². The number of benzene rings is 4. The van der Waals surface area contributed by atoms with Crippen LogP contribution < -0.4 is 9.47 Å². The Balaban J connectivity index is 0.000000663. The fraction of sp³-hybridized carbons (Fsp3) is 0.156. The first-order chi connectivity index (χ1) is 19.4. The topological polar surface area (TPSA) is 130 Å². The molecule has 3 N–H and O–H groups in total. The lowest BCUT2D eigenvalue weighted by molar-refractivity contribution is -0.158. The largest absolute Gasteiger partial charge is 0.476 e. The maximum Gasteiger partial charge on any atom is 0.387 e. The predicted molar refractivity (Wildman–Crippen MR) is 149 cm³/mol. The van der Waals surface area contributed by atoms with Crippen molar-refractivity contribution >= 4 is 17.5 Å². The van der Waals surface area contributed by atoms with Crippen LogP contribution in [-0.4, -0.2) is 52.4 Å². The average Bonchev–Trinajstić information content (AvgIpc) is 3.01. The van der Waals surface area contributed by atoms with Gasteiger partial charge in [-0.1, -0.05) is 60.7 Å². The summed E-state index contributed by atoms with van der Waals surface area (Å²) in [4.78, 5) is 36.7. The van der Waals surface area contributed by atoms with Crippen LogP contribution in [0.1, 0.15) is 44.7 Å². The Hall–Kier alpha value is -4.79. The van der Waals surface area contributed by atoms with Gasteiger partial charge in [0.1, 0.15) is 11.5 Å². The van der Waals surface area contributed by atoms with Crippen LogP contribution in [0.3, 0.4) is 0 Å². The minimum Gasteiger partial charge on any atom is -0.476 e. The van der Waals surface area contributed by atoms with Crippen molar-refractivity contribution in [1.82, 2.24) is 0 Å². The van der Waals surface area contributed by atoms with E-state index in [0.717, 1.165) is 12.8 Å². The second-order valence-electron chi connectivity index (χ2n) is 8.50. The van der Waals surface area contributed by atoms with E-state index in [4.69, 9.17) is 19.7 Å². The molecule has 8 nitrogen and oxygen atoms in total. The molecule has 0 aliphatic carbocycles. The maximum atomic E-state index is 12.5. The van der Waals surface area contributed by atoms with Crippen LogP contribution in [-0.2, 0) is 4.79 Å². The number of ether oxygens (including phenoxy) is 2. The van der Waals surface area contributed by atoms with Gasteiger partial charge in [-0.05, 0) is 61.4 Å². The summed E-state index contributed by atoms with van der Waals surface area (Å²) in [7, 11) is 0. The molecular weight excluding hydrogens is 512 g/mol. The average molecular weight is 543 g/mol. The molecule has 0 fully saturated rings. The van der Waals surface area contributed by atoms with Gasteiger partial charge in [0.05, 0.1) is 0 Å². The number of carboxylic acid groups (broad SMARTS) is 1. The predicted octanol–water partition coefficient (Wildman–Crippen LogP) is 4.77. The van der Waals surface area contributed by atoms with Gasteiger partial charge in [-0.25, -0.2) is 4.79 Å². The highest BCUT2D eigenvalue weighted by molar-refractivity contribution is 6.09. The van der Waals surface area contributed by atoms with Crippen LogP contribution in [0.15, 0.2) is 109 Å². The number of hydrogen-bond acceptors (Lipinski definition) is 7. The van der Waals surface area contributed by atoms with E-state index in [1.807, 2.05) is 12.1 Å². The van der Waals surface area contributed by atoms with Crippen LogP contribution in [0.5, 0.6) is 11.5 Å². The molecule has 0 spiro atoms. The highest BCUT2D eigenvalue weighted by atomic mass is 16.7. The zero-order valence-electron chi connectivity index (χ0n) is 21.7. The number of carbonyl (C=O) groups excluding carboxylic acids is 2. The number of aliphatic carboxylic acids is 1. The molecule has 0 aliphatic rings. The van der Waals surface area contributed by atoms with Gasteiger partial charge in [0.15, 0.2) is 11.6 Å². The summed E-state index contributed by atoms with van der Waals surface area (Å²) in [6, 6.07) is 30.0. The first-order valence-corrected chi connectivity index (χ1v) is 12.6. The van der Waals surface area contributed by atoms with Crippen molar-refractivity contribution in [2.45, 2.75) is 19.1 Å². The van der Waals surface area contributed by atoms with Crippen molar-refractivity contribution in [2.75, 3.05) is 13.2 Å². The van der Waals surface area contributed by atoms with E-state index in [-0.39, 0.29) is 36.3 Å². The van der Waals surface area contributed by atoms with Crippen LogP contribution in [0.25, 0.3) is 0 Å². The molecule has 4 aromatic rings. The van der Waals surface area contributed by atoms with E-state index in [0.29, 0.717) is 22.3 Å².